The molecule has 0 aliphatic carbocycles. The molecule has 0 spiro atoms. The molecule has 2 heterocycles. The van der Waals surface area contributed by atoms with Gasteiger partial charge in [-0.05, 0) is 12.1 Å². The lowest BCUT2D eigenvalue weighted by atomic mass is 9.87. The SMILES string of the molecule is Oc1cc2c(cc1C1(O)CNc3c(F)cccc31)OCO2. The third-order valence-electron chi connectivity index (χ3n) is 3.92. The summed E-state index contributed by atoms with van der Waals surface area (Å²) in [6.07, 6.45) is 0. The number of aliphatic hydroxyl groups is 1. The van der Waals surface area contributed by atoms with Crippen LogP contribution >= 0.6 is 0 Å². The van der Waals surface area contributed by atoms with E-state index in [1.165, 1.54) is 24.3 Å². The number of aromatic hydroxyl groups is 1. The van der Waals surface area contributed by atoms with E-state index in [2.05, 4.69) is 5.32 Å². The number of fused-ring (bicyclic) bond motifs is 2. The summed E-state index contributed by atoms with van der Waals surface area (Å²) < 4.78 is 24.2. The number of ether oxygens (including phenoxy) is 2. The smallest absolute Gasteiger partial charge is 0.231 e. The standard InChI is InChI=1S/C15H12FNO4/c16-10-3-1-2-8-14(10)17-6-15(8,19)9-4-12-13(5-11(9)18)21-7-20-12/h1-5,17-19H,6-7H2. The van der Waals surface area contributed by atoms with Gasteiger partial charge in [0.25, 0.3) is 0 Å². The number of halogens is 1. The molecule has 3 N–H and O–H groups in total. The van der Waals surface area contributed by atoms with Gasteiger partial charge in [-0.3, -0.25) is 0 Å². The topological polar surface area (TPSA) is 71.0 Å². The molecule has 0 bridgehead atoms. The maximum Gasteiger partial charge on any atom is 0.231 e. The molecule has 2 aliphatic rings. The fourth-order valence-electron chi connectivity index (χ4n) is 2.86. The number of hydrogen-bond acceptors (Lipinski definition) is 5. The second-order valence-electron chi connectivity index (χ2n) is 5.10. The Kier molecular flexibility index (Phi) is 2.35. The third-order valence-corrected chi connectivity index (χ3v) is 3.92. The first-order chi connectivity index (χ1) is 10.1. The highest BCUT2D eigenvalue weighted by Crippen LogP contribution is 2.47. The maximum atomic E-state index is 13.8. The molecular formula is C15H12FNO4. The summed E-state index contributed by atoms with van der Waals surface area (Å²) in [5.74, 6) is 0.302. The first-order valence-electron chi connectivity index (χ1n) is 6.48. The molecule has 2 aromatic rings. The van der Waals surface area contributed by atoms with Crippen molar-refractivity contribution >= 4 is 5.69 Å². The van der Waals surface area contributed by atoms with E-state index in [1.54, 1.807) is 6.07 Å². The predicted molar refractivity (Wildman–Crippen MR) is 72.1 cm³/mol. The largest absolute Gasteiger partial charge is 0.507 e. The van der Waals surface area contributed by atoms with E-state index in [4.69, 9.17) is 9.47 Å². The number of rotatable bonds is 1. The van der Waals surface area contributed by atoms with Crippen LogP contribution in [-0.4, -0.2) is 23.6 Å². The van der Waals surface area contributed by atoms with Gasteiger partial charge in [0.05, 0.1) is 12.2 Å². The molecule has 5 nitrogen and oxygen atoms in total. The van der Waals surface area contributed by atoms with Gasteiger partial charge in [0.15, 0.2) is 11.5 Å². The Bertz CT molecular complexity index is 749. The van der Waals surface area contributed by atoms with Crippen LogP contribution in [0.4, 0.5) is 10.1 Å². The van der Waals surface area contributed by atoms with Gasteiger partial charge in [0, 0.05) is 17.2 Å². The van der Waals surface area contributed by atoms with Gasteiger partial charge in [-0.25, -0.2) is 4.39 Å². The maximum absolute atomic E-state index is 13.8. The predicted octanol–water partition coefficient (Wildman–Crippen LogP) is 1.92. The fraction of sp³-hybridized carbons (Fsp3) is 0.200. The lowest BCUT2D eigenvalue weighted by Crippen LogP contribution is -2.29. The molecule has 2 aromatic carbocycles. The summed E-state index contributed by atoms with van der Waals surface area (Å²) in [4.78, 5) is 0. The van der Waals surface area contributed by atoms with Gasteiger partial charge >= 0.3 is 0 Å². The Morgan fingerprint density at radius 3 is 2.71 bits per heavy atom. The zero-order valence-electron chi connectivity index (χ0n) is 10.9. The van der Waals surface area contributed by atoms with Crippen molar-refractivity contribution < 1.29 is 24.1 Å². The number of phenolic OH excluding ortho intramolecular Hbond substituents is 1. The van der Waals surface area contributed by atoms with Crippen LogP contribution in [0.15, 0.2) is 30.3 Å². The highest BCUT2D eigenvalue weighted by atomic mass is 19.1. The van der Waals surface area contributed by atoms with E-state index in [9.17, 15) is 14.6 Å². The summed E-state index contributed by atoms with van der Waals surface area (Å²) in [7, 11) is 0. The van der Waals surface area contributed by atoms with Crippen molar-refractivity contribution in [1.29, 1.82) is 0 Å². The Balaban J connectivity index is 1.91. The van der Waals surface area contributed by atoms with Crippen molar-refractivity contribution in [3.05, 3.63) is 47.3 Å². The van der Waals surface area contributed by atoms with Crippen molar-refractivity contribution in [1.82, 2.24) is 0 Å². The highest BCUT2D eigenvalue weighted by Gasteiger charge is 2.42. The van der Waals surface area contributed by atoms with Gasteiger partial charge in [-0.15, -0.1) is 0 Å². The first-order valence-corrected chi connectivity index (χ1v) is 6.48. The van der Waals surface area contributed by atoms with Gasteiger partial charge in [-0.1, -0.05) is 12.1 Å². The second-order valence-corrected chi connectivity index (χ2v) is 5.10. The van der Waals surface area contributed by atoms with Crippen molar-refractivity contribution in [2.24, 2.45) is 0 Å². The minimum atomic E-state index is -1.53. The van der Waals surface area contributed by atoms with Crippen molar-refractivity contribution in [2.75, 3.05) is 18.7 Å². The van der Waals surface area contributed by atoms with Gasteiger partial charge in [0.2, 0.25) is 6.79 Å². The fourth-order valence-corrected chi connectivity index (χ4v) is 2.86. The minimum absolute atomic E-state index is 0.0659. The van der Waals surface area contributed by atoms with Crippen LogP contribution in [0.3, 0.4) is 0 Å². The van der Waals surface area contributed by atoms with Crippen LogP contribution in [0.5, 0.6) is 17.2 Å². The van der Waals surface area contributed by atoms with Crippen molar-refractivity contribution in [3.8, 4) is 17.2 Å². The molecule has 1 unspecified atom stereocenters. The monoisotopic (exact) mass is 289 g/mol. The van der Waals surface area contributed by atoms with Crippen molar-refractivity contribution in [2.45, 2.75) is 5.60 Å². The van der Waals surface area contributed by atoms with E-state index in [0.717, 1.165) is 0 Å². The van der Waals surface area contributed by atoms with Crippen LogP contribution in [0, 0.1) is 5.82 Å². The van der Waals surface area contributed by atoms with E-state index < -0.39 is 11.4 Å². The average Bonchev–Trinajstić information content (AvgIpc) is 3.04. The molecular weight excluding hydrogens is 277 g/mol. The quantitative estimate of drug-likeness (QED) is 0.748. The molecule has 108 valence electrons. The number of phenols is 1. The molecule has 0 saturated carbocycles. The Morgan fingerprint density at radius 1 is 1.14 bits per heavy atom. The lowest BCUT2D eigenvalue weighted by Gasteiger charge is -2.24. The molecule has 1 atom stereocenters. The Hall–Kier alpha value is -2.47. The summed E-state index contributed by atoms with van der Waals surface area (Å²) in [5.41, 5.74) is -0.639. The van der Waals surface area contributed by atoms with E-state index >= 15 is 0 Å². The lowest BCUT2D eigenvalue weighted by molar-refractivity contribution is 0.0995. The molecule has 0 aromatic heterocycles. The van der Waals surface area contributed by atoms with E-state index in [-0.39, 0.29) is 30.3 Å². The molecule has 6 heteroatoms. The van der Waals surface area contributed by atoms with Gasteiger partial charge < -0.3 is 25.0 Å². The molecule has 0 amide bonds. The normalized spacial score (nSPS) is 22.0. The zero-order chi connectivity index (χ0) is 14.6. The first kappa shape index (κ1) is 12.3. The van der Waals surface area contributed by atoms with Crippen LogP contribution in [-0.2, 0) is 5.60 Å². The second kappa shape index (κ2) is 4.02. The minimum Gasteiger partial charge on any atom is -0.507 e. The number of hydrogen-bond donors (Lipinski definition) is 3. The van der Waals surface area contributed by atoms with Gasteiger partial charge in [0.1, 0.15) is 17.2 Å². The van der Waals surface area contributed by atoms with E-state index in [0.29, 0.717) is 17.1 Å². The van der Waals surface area contributed by atoms with Crippen LogP contribution < -0.4 is 14.8 Å². The molecule has 21 heavy (non-hydrogen) atoms. The summed E-state index contributed by atoms with van der Waals surface area (Å²) in [5, 5.41) is 24.0. The number of anilines is 1. The summed E-state index contributed by atoms with van der Waals surface area (Å²) in [6, 6.07) is 7.39. The number of nitrogens with one attached hydrogen (secondary N) is 1. The number of benzene rings is 2. The van der Waals surface area contributed by atoms with Crippen LogP contribution in [0.2, 0.25) is 0 Å². The van der Waals surface area contributed by atoms with Gasteiger partial charge in [-0.2, -0.15) is 0 Å². The number of β-amino-alcohol motifs (C(OH)–C–C–N with tert-alkyl or cyclic N) is 1. The average molecular weight is 289 g/mol. The summed E-state index contributed by atoms with van der Waals surface area (Å²) >= 11 is 0. The van der Waals surface area contributed by atoms with E-state index in [1.807, 2.05) is 0 Å². The Morgan fingerprint density at radius 2 is 1.90 bits per heavy atom. The molecule has 2 aliphatic heterocycles. The highest BCUT2D eigenvalue weighted by molar-refractivity contribution is 5.66. The third kappa shape index (κ3) is 1.59. The van der Waals surface area contributed by atoms with Crippen molar-refractivity contribution in [3.63, 3.8) is 0 Å². The summed E-state index contributed by atoms with van der Waals surface area (Å²) in [6.45, 7) is 0.136. The van der Waals surface area contributed by atoms with Crippen LogP contribution in [0.1, 0.15) is 11.1 Å². The van der Waals surface area contributed by atoms with Crippen LogP contribution in [0.25, 0.3) is 0 Å². The zero-order valence-corrected chi connectivity index (χ0v) is 10.9. The molecule has 0 saturated heterocycles. The molecule has 4 rings (SSSR count). The Labute approximate surface area is 119 Å². The molecule has 0 radical (unpaired) electrons. The number of para-hydroxylation sites is 1. The molecule has 0 fully saturated rings.